The van der Waals surface area contributed by atoms with E-state index in [1.807, 2.05) is 19.1 Å². The number of alkyl carbamates (subject to hydrolysis) is 1. The molecule has 2 aromatic heterocycles. The van der Waals surface area contributed by atoms with Crippen LogP contribution < -0.4 is 10.6 Å². The van der Waals surface area contributed by atoms with Gasteiger partial charge in [-0.25, -0.2) is 9.18 Å². The summed E-state index contributed by atoms with van der Waals surface area (Å²) >= 11 is 0. The van der Waals surface area contributed by atoms with Crippen LogP contribution in [-0.2, 0) is 18.2 Å². The Morgan fingerprint density at radius 2 is 1.91 bits per heavy atom. The number of rotatable bonds is 7. The van der Waals surface area contributed by atoms with Crippen molar-refractivity contribution in [1.29, 1.82) is 0 Å². The average molecular weight is 456 g/mol. The van der Waals surface area contributed by atoms with Gasteiger partial charge in [-0.2, -0.15) is 5.10 Å². The van der Waals surface area contributed by atoms with Gasteiger partial charge in [0.2, 0.25) is 0 Å². The predicted molar refractivity (Wildman–Crippen MR) is 124 cm³/mol. The van der Waals surface area contributed by atoms with Crippen molar-refractivity contribution < 1.29 is 19.0 Å². The first kappa shape index (κ1) is 24.2. The predicted octanol–water partition coefficient (Wildman–Crippen LogP) is 3.80. The van der Waals surface area contributed by atoms with Gasteiger partial charge in [-0.3, -0.25) is 9.67 Å². The summed E-state index contributed by atoms with van der Waals surface area (Å²) in [5.74, 6) is 0.199. The molecule has 0 fully saturated rings. The molecule has 0 aliphatic carbocycles. The fraction of sp³-hybridized carbons (Fsp3) is 0.375. The molecule has 9 heteroatoms. The normalized spacial score (nSPS) is 13.3. The zero-order valence-electron chi connectivity index (χ0n) is 19.5. The Bertz CT molecular complexity index is 1090. The number of hydrogen-bond donors (Lipinski definition) is 3. The van der Waals surface area contributed by atoms with Crippen LogP contribution in [0, 0.1) is 12.7 Å². The number of halogens is 1. The van der Waals surface area contributed by atoms with E-state index in [1.165, 1.54) is 12.1 Å². The van der Waals surface area contributed by atoms with E-state index >= 15 is 0 Å². The van der Waals surface area contributed by atoms with Gasteiger partial charge in [-0.1, -0.05) is 12.1 Å². The number of aliphatic hydroxyl groups is 1. The molecule has 3 rings (SSSR count). The first-order valence-electron chi connectivity index (χ1n) is 10.7. The maximum absolute atomic E-state index is 13.3. The second-order valence-electron chi connectivity index (χ2n) is 8.90. The van der Waals surface area contributed by atoms with Gasteiger partial charge in [-0.15, -0.1) is 0 Å². The molecule has 3 aromatic rings. The lowest BCUT2D eigenvalue weighted by Gasteiger charge is -2.27. The quantitative estimate of drug-likeness (QED) is 0.469. The number of nitrogens with zero attached hydrogens (tertiary/aromatic N) is 3. The van der Waals surface area contributed by atoms with Gasteiger partial charge in [0.15, 0.2) is 0 Å². The lowest BCUT2D eigenvalue weighted by atomic mass is 10.0. The van der Waals surface area contributed by atoms with Gasteiger partial charge in [0.05, 0.1) is 11.7 Å². The molecule has 1 aromatic carbocycles. The molecule has 33 heavy (non-hydrogen) atoms. The van der Waals surface area contributed by atoms with E-state index in [9.17, 15) is 14.3 Å². The van der Waals surface area contributed by atoms with Gasteiger partial charge >= 0.3 is 6.09 Å². The van der Waals surface area contributed by atoms with Crippen LogP contribution in [0.2, 0.25) is 0 Å². The highest BCUT2D eigenvalue weighted by molar-refractivity contribution is 5.68. The lowest BCUT2D eigenvalue weighted by Crippen LogP contribution is -2.49. The molecule has 2 unspecified atom stereocenters. The minimum absolute atomic E-state index is 0.252. The summed E-state index contributed by atoms with van der Waals surface area (Å²) in [6.07, 6.45) is 0.130. The molecular formula is C24H30FN5O3. The Labute approximate surface area is 192 Å². The number of carbonyl (C=O) groups excluding carboxylic acids is 1. The summed E-state index contributed by atoms with van der Waals surface area (Å²) in [7, 11) is 1.75. The van der Waals surface area contributed by atoms with E-state index in [2.05, 4.69) is 20.7 Å². The number of carbonyl (C=O) groups is 1. The van der Waals surface area contributed by atoms with Crippen LogP contribution in [-0.4, -0.2) is 43.8 Å². The number of nitrogens with one attached hydrogen (secondary N) is 2. The Hall–Kier alpha value is -3.46. The van der Waals surface area contributed by atoms with Gasteiger partial charge in [-0.05, 0) is 63.9 Å². The number of aromatic nitrogens is 3. The smallest absolute Gasteiger partial charge is 0.408 e. The number of amides is 1. The van der Waals surface area contributed by atoms with E-state index in [0.717, 1.165) is 16.8 Å². The van der Waals surface area contributed by atoms with E-state index < -0.39 is 24.0 Å². The van der Waals surface area contributed by atoms with Crippen LogP contribution in [0.3, 0.4) is 0 Å². The fourth-order valence-corrected chi connectivity index (χ4v) is 3.28. The average Bonchev–Trinajstić information content (AvgIpc) is 3.08. The highest BCUT2D eigenvalue weighted by atomic mass is 19.1. The van der Waals surface area contributed by atoms with Gasteiger partial charge < -0.3 is 20.5 Å². The molecule has 0 saturated heterocycles. The third-order valence-electron chi connectivity index (χ3n) is 4.82. The number of anilines is 1. The highest BCUT2D eigenvalue weighted by Gasteiger charge is 2.26. The van der Waals surface area contributed by atoms with E-state index in [4.69, 9.17) is 4.74 Å². The van der Waals surface area contributed by atoms with Crippen molar-refractivity contribution in [3.8, 4) is 11.3 Å². The van der Waals surface area contributed by atoms with Crippen molar-refractivity contribution in [3.05, 3.63) is 65.7 Å². The Morgan fingerprint density at radius 3 is 2.55 bits per heavy atom. The minimum atomic E-state index is -1.18. The molecular weight excluding hydrogens is 425 g/mol. The zero-order valence-corrected chi connectivity index (χ0v) is 19.5. The van der Waals surface area contributed by atoms with Crippen LogP contribution in [0.25, 0.3) is 11.3 Å². The molecule has 2 heterocycles. The molecule has 1 amide bonds. The van der Waals surface area contributed by atoms with E-state index in [1.54, 1.807) is 56.9 Å². The molecule has 3 N–H and O–H groups in total. The zero-order chi connectivity index (χ0) is 24.2. The summed E-state index contributed by atoms with van der Waals surface area (Å²) in [6.45, 7) is 7.18. The molecule has 8 nitrogen and oxygen atoms in total. The number of aryl methyl sites for hydroxylation is 2. The molecule has 0 saturated carbocycles. The molecule has 0 aliphatic rings. The van der Waals surface area contributed by atoms with Crippen molar-refractivity contribution in [2.75, 3.05) is 5.32 Å². The number of aliphatic hydroxyl groups excluding tert-OH is 1. The summed E-state index contributed by atoms with van der Waals surface area (Å²) in [6, 6.07) is 10.7. The summed E-state index contributed by atoms with van der Waals surface area (Å²) in [4.78, 5) is 16.6. The maximum Gasteiger partial charge on any atom is 0.408 e. The van der Waals surface area contributed by atoms with Crippen molar-refractivity contribution >= 4 is 11.9 Å². The standard InChI is InChI=1S/C24H30FN5O3/c1-15-12-17(10-11-26-15)19-14-21(30(5)29-19)28-22(31)20(27-23(32)33-24(2,3)4)13-16-6-8-18(25)9-7-16/h6-12,14,20,22,28,31H,13H2,1-5H3,(H,27,32). The molecule has 0 spiro atoms. The summed E-state index contributed by atoms with van der Waals surface area (Å²) in [5.41, 5.74) is 2.54. The second-order valence-corrected chi connectivity index (χ2v) is 8.90. The number of pyridine rings is 1. The lowest BCUT2D eigenvalue weighted by molar-refractivity contribution is 0.0443. The number of hydrogen-bond acceptors (Lipinski definition) is 6. The number of benzene rings is 1. The Kier molecular flexibility index (Phi) is 7.33. The van der Waals surface area contributed by atoms with Gasteiger partial charge in [0.25, 0.3) is 0 Å². The largest absolute Gasteiger partial charge is 0.444 e. The van der Waals surface area contributed by atoms with Gasteiger partial charge in [0, 0.05) is 30.6 Å². The third kappa shape index (κ3) is 7.01. The van der Waals surface area contributed by atoms with Gasteiger partial charge in [0.1, 0.15) is 23.5 Å². The molecule has 0 radical (unpaired) electrons. The second kappa shape index (κ2) is 9.99. The van der Waals surface area contributed by atoms with Crippen LogP contribution in [0.15, 0.2) is 48.7 Å². The van der Waals surface area contributed by atoms with Crippen LogP contribution in [0.5, 0.6) is 0 Å². The highest BCUT2D eigenvalue weighted by Crippen LogP contribution is 2.22. The number of ether oxygens (including phenoxy) is 1. The van der Waals surface area contributed by atoms with E-state index in [0.29, 0.717) is 11.5 Å². The minimum Gasteiger partial charge on any atom is -0.444 e. The molecule has 176 valence electrons. The van der Waals surface area contributed by atoms with Crippen LogP contribution in [0.4, 0.5) is 15.0 Å². The monoisotopic (exact) mass is 455 g/mol. The van der Waals surface area contributed by atoms with Crippen molar-refractivity contribution in [3.63, 3.8) is 0 Å². The maximum atomic E-state index is 13.3. The third-order valence-corrected chi connectivity index (χ3v) is 4.82. The molecule has 0 bridgehead atoms. The van der Waals surface area contributed by atoms with Crippen molar-refractivity contribution in [2.24, 2.45) is 7.05 Å². The molecule has 0 aliphatic heterocycles. The first-order valence-corrected chi connectivity index (χ1v) is 10.7. The summed E-state index contributed by atoms with van der Waals surface area (Å²) < 4.78 is 20.3. The van der Waals surface area contributed by atoms with Crippen LogP contribution >= 0.6 is 0 Å². The van der Waals surface area contributed by atoms with Crippen LogP contribution in [0.1, 0.15) is 32.0 Å². The van der Waals surface area contributed by atoms with E-state index in [-0.39, 0.29) is 12.2 Å². The Balaban J connectivity index is 1.79. The topological polar surface area (TPSA) is 101 Å². The Morgan fingerprint density at radius 1 is 1.21 bits per heavy atom. The summed E-state index contributed by atoms with van der Waals surface area (Å²) in [5, 5.41) is 21.2. The first-order chi connectivity index (χ1) is 15.5. The van der Waals surface area contributed by atoms with Crippen molar-refractivity contribution in [1.82, 2.24) is 20.1 Å². The fourth-order valence-electron chi connectivity index (χ4n) is 3.28. The SMILES string of the molecule is Cc1cc(-c2cc(NC(O)C(Cc3ccc(F)cc3)NC(=O)OC(C)(C)C)n(C)n2)ccn1. The molecule has 2 atom stereocenters. The van der Waals surface area contributed by atoms with Crippen molar-refractivity contribution in [2.45, 2.75) is 52.0 Å².